The molecule has 0 aliphatic heterocycles. The van der Waals surface area contributed by atoms with Crippen LogP contribution in [0.15, 0.2) is 16.6 Å². The number of aromatic nitrogens is 2. The minimum absolute atomic E-state index is 0.105. The first-order valence-corrected chi connectivity index (χ1v) is 6.59. The second kappa shape index (κ2) is 5.90. The third kappa shape index (κ3) is 2.81. The van der Waals surface area contributed by atoms with Gasteiger partial charge in [-0.3, -0.25) is 0 Å². The van der Waals surface area contributed by atoms with E-state index in [-0.39, 0.29) is 32.4 Å². The fourth-order valence-corrected chi connectivity index (χ4v) is 2.00. The molecule has 0 fully saturated rings. The van der Waals surface area contributed by atoms with Crippen LogP contribution in [-0.2, 0) is 4.74 Å². The molecule has 0 amide bonds. The van der Waals surface area contributed by atoms with Crippen molar-refractivity contribution < 1.29 is 18.3 Å². The Morgan fingerprint density at radius 2 is 2.00 bits per heavy atom. The monoisotopic (exact) mass is 377 g/mol. The van der Waals surface area contributed by atoms with Crippen molar-refractivity contribution in [2.75, 3.05) is 12.8 Å². The van der Waals surface area contributed by atoms with Crippen molar-refractivity contribution in [1.29, 1.82) is 0 Å². The predicted octanol–water partition coefficient (Wildman–Crippen LogP) is 3.21. The smallest absolute Gasteiger partial charge is 0.358 e. The molecule has 9 heteroatoms. The maximum absolute atomic E-state index is 13.9. The molecule has 0 atom stereocenters. The zero-order valence-corrected chi connectivity index (χ0v) is 12.8. The highest BCUT2D eigenvalue weighted by Crippen LogP contribution is 2.30. The van der Waals surface area contributed by atoms with Gasteiger partial charge in [-0.15, -0.1) is 0 Å². The number of carbonyl (C=O) groups excluding carboxylic acids is 1. The van der Waals surface area contributed by atoms with Gasteiger partial charge in [-0.05, 0) is 28.1 Å². The third-order valence-corrected chi connectivity index (χ3v) is 3.61. The molecule has 0 saturated heterocycles. The van der Waals surface area contributed by atoms with Gasteiger partial charge in [-0.1, -0.05) is 11.6 Å². The highest BCUT2D eigenvalue weighted by molar-refractivity contribution is 9.10. The summed E-state index contributed by atoms with van der Waals surface area (Å²) in [5, 5.41) is -0.380. The van der Waals surface area contributed by atoms with Crippen LogP contribution in [-0.4, -0.2) is 23.0 Å². The minimum Gasteiger partial charge on any atom is -0.464 e. The molecule has 110 valence electrons. The first-order valence-electron chi connectivity index (χ1n) is 5.42. The zero-order chi connectivity index (χ0) is 15.7. The summed E-state index contributed by atoms with van der Waals surface area (Å²) >= 11 is 8.51. The Labute approximate surface area is 131 Å². The van der Waals surface area contributed by atoms with Crippen molar-refractivity contribution in [1.82, 2.24) is 9.97 Å². The summed E-state index contributed by atoms with van der Waals surface area (Å²) in [5.74, 6) is -3.65. The van der Waals surface area contributed by atoms with Crippen LogP contribution in [0.1, 0.15) is 10.5 Å². The van der Waals surface area contributed by atoms with E-state index in [1.54, 1.807) is 0 Å². The van der Waals surface area contributed by atoms with E-state index in [4.69, 9.17) is 17.3 Å². The van der Waals surface area contributed by atoms with Crippen LogP contribution >= 0.6 is 27.5 Å². The molecule has 1 heterocycles. The third-order valence-electron chi connectivity index (χ3n) is 2.53. The van der Waals surface area contributed by atoms with Gasteiger partial charge >= 0.3 is 5.97 Å². The fourth-order valence-electron chi connectivity index (χ4n) is 1.52. The van der Waals surface area contributed by atoms with Gasteiger partial charge < -0.3 is 10.5 Å². The second-order valence-corrected chi connectivity index (χ2v) is 5.01. The number of nitrogens with zero attached hydrogens (tertiary/aromatic N) is 2. The molecule has 2 N–H and O–H groups in total. The van der Waals surface area contributed by atoms with Crippen LogP contribution in [0, 0.1) is 11.6 Å². The van der Waals surface area contributed by atoms with Gasteiger partial charge in [0.15, 0.2) is 23.2 Å². The summed E-state index contributed by atoms with van der Waals surface area (Å²) in [4.78, 5) is 19.2. The molecule has 0 unspecified atom stereocenters. The lowest BCUT2D eigenvalue weighted by molar-refractivity contribution is 0.0593. The average Bonchev–Trinajstić information content (AvgIpc) is 2.47. The van der Waals surface area contributed by atoms with Crippen LogP contribution in [0.3, 0.4) is 0 Å². The van der Waals surface area contributed by atoms with Crippen molar-refractivity contribution in [2.24, 2.45) is 0 Å². The molecule has 0 radical (unpaired) electrons. The van der Waals surface area contributed by atoms with Crippen molar-refractivity contribution >= 4 is 39.3 Å². The number of carbonyl (C=O) groups is 1. The first kappa shape index (κ1) is 15.6. The number of methoxy groups -OCH3 is 1. The predicted molar refractivity (Wildman–Crippen MR) is 75.8 cm³/mol. The highest BCUT2D eigenvalue weighted by atomic mass is 79.9. The van der Waals surface area contributed by atoms with Gasteiger partial charge in [-0.25, -0.2) is 23.5 Å². The molecule has 1 aromatic carbocycles. The number of anilines is 1. The maximum Gasteiger partial charge on any atom is 0.358 e. The lowest BCUT2D eigenvalue weighted by atomic mass is 10.2. The van der Waals surface area contributed by atoms with E-state index in [0.717, 1.165) is 13.2 Å². The number of hydrogen-bond acceptors (Lipinski definition) is 5. The van der Waals surface area contributed by atoms with Gasteiger partial charge in [0.1, 0.15) is 5.82 Å². The Morgan fingerprint density at radius 3 is 2.62 bits per heavy atom. The van der Waals surface area contributed by atoms with Crippen molar-refractivity contribution in [3.05, 3.63) is 39.0 Å². The molecule has 0 spiro atoms. The number of nitrogen functional groups attached to an aromatic ring is 1. The molecular weight excluding hydrogens is 372 g/mol. The van der Waals surface area contributed by atoms with Crippen molar-refractivity contribution in [3.63, 3.8) is 0 Å². The van der Waals surface area contributed by atoms with E-state index in [0.29, 0.717) is 0 Å². The van der Waals surface area contributed by atoms with Crippen LogP contribution in [0.5, 0.6) is 0 Å². The maximum atomic E-state index is 13.9. The average molecular weight is 379 g/mol. The van der Waals surface area contributed by atoms with Gasteiger partial charge in [0.25, 0.3) is 0 Å². The Hall–Kier alpha value is -1.80. The number of ether oxygens (including phenoxy) is 1. The molecule has 0 aliphatic rings. The standard InChI is InChI=1S/C12H7BrClF2N3O2/c1-21-12(20)9-6(13)10(17)19-11(18-9)4-2-3-5(14)8(16)7(4)15/h2-3H,1H3,(H2,17,18,19). The molecule has 2 rings (SSSR count). The topological polar surface area (TPSA) is 78.1 Å². The summed E-state index contributed by atoms with van der Waals surface area (Å²) in [7, 11) is 1.15. The number of hydrogen-bond donors (Lipinski definition) is 1. The van der Waals surface area contributed by atoms with Crippen LogP contribution in [0.4, 0.5) is 14.6 Å². The number of benzene rings is 1. The summed E-state index contributed by atoms with van der Waals surface area (Å²) in [5.41, 5.74) is 5.15. The van der Waals surface area contributed by atoms with Crippen LogP contribution in [0.25, 0.3) is 11.4 Å². The first-order chi connectivity index (χ1) is 9.86. The SMILES string of the molecule is COC(=O)c1nc(-c2ccc(Cl)c(F)c2F)nc(N)c1Br. The number of halogens is 4. The van der Waals surface area contributed by atoms with E-state index >= 15 is 0 Å². The zero-order valence-electron chi connectivity index (χ0n) is 10.5. The van der Waals surface area contributed by atoms with Gasteiger partial charge in [0.2, 0.25) is 0 Å². The van der Waals surface area contributed by atoms with E-state index in [1.807, 2.05) is 0 Å². The quantitative estimate of drug-likeness (QED) is 0.641. The van der Waals surface area contributed by atoms with Gasteiger partial charge in [-0.2, -0.15) is 0 Å². The molecule has 0 saturated carbocycles. The Kier molecular flexibility index (Phi) is 4.38. The van der Waals surface area contributed by atoms with E-state index in [2.05, 4.69) is 30.6 Å². The molecule has 5 nitrogen and oxygen atoms in total. The lowest BCUT2D eigenvalue weighted by Gasteiger charge is -2.09. The van der Waals surface area contributed by atoms with Crippen molar-refractivity contribution in [3.8, 4) is 11.4 Å². The number of nitrogens with two attached hydrogens (primary N) is 1. The second-order valence-electron chi connectivity index (χ2n) is 3.81. The number of esters is 1. The molecule has 21 heavy (non-hydrogen) atoms. The summed E-state index contributed by atoms with van der Waals surface area (Å²) in [6.45, 7) is 0. The molecule has 0 aliphatic carbocycles. The van der Waals surface area contributed by atoms with Crippen molar-refractivity contribution in [2.45, 2.75) is 0 Å². The largest absolute Gasteiger partial charge is 0.464 e. The number of rotatable bonds is 2. The van der Waals surface area contributed by atoms with E-state index in [1.165, 1.54) is 6.07 Å². The van der Waals surface area contributed by atoms with E-state index in [9.17, 15) is 13.6 Å². The van der Waals surface area contributed by atoms with E-state index < -0.39 is 17.6 Å². The summed E-state index contributed by atoms with van der Waals surface area (Å²) < 4.78 is 32.0. The Balaban J connectivity index is 2.68. The minimum atomic E-state index is -1.24. The lowest BCUT2D eigenvalue weighted by Crippen LogP contribution is -2.10. The fraction of sp³-hybridized carbons (Fsp3) is 0.0833. The molecule has 2 aromatic rings. The normalized spacial score (nSPS) is 10.5. The summed E-state index contributed by atoms with van der Waals surface area (Å²) in [6, 6.07) is 2.33. The molecule has 0 bridgehead atoms. The van der Waals surface area contributed by atoms with Crippen LogP contribution in [0.2, 0.25) is 5.02 Å². The van der Waals surface area contributed by atoms with Gasteiger partial charge in [0, 0.05) is 0 Å². The molecule has 1 aromatic heterocycles. The summed E-state index contributed by atoms with van der Waals surface area (Å²) in [6.07, 6.45) is 0. The van der Waals surface area contributed by atoms with Gasteiger partial charge in [0.05, 0.1) is 22.2 Å². The van der Waals surface area contributed by atoms with Crippen LogP contribution < -0.4 is 5.73 Å². The molecular formula is C12H7BrClF2N3O2. The Bertz CT molecular complexity index is 743. The Morgan fingerprint density at radius 1 is 1.33 bits per heavy atom. The highest BCUT2D eigenvalue weighted by Gasteiger charge is 2.21.